The molecule has 0 spiro atoms. The first-order valence-electron chi connectivity index (χ1n) is 56.8. The molecule has 8 aliphatic carbocycles. The minimum absolute atomic E-state index is 0.0286. The Morgan fingerprint density at radius 3 is 0.957 bits per heavy atom. The molecular weight excluding hydrogens is 1700 g/mol. The average molecular weight is 1900 g/mol. The Hall–Kier alpha value is -5.88. The standard InChI is InChI=1S/C29H48O2.C28H42O2.C27H42O2.2C22H36O2/c1-6-23(4)24-17-19-27(20-18-24)31-28(30-22(2)3)21-29(5,25-13-9-7-10-14-25)26-15-11-8-12-16-26;1-9-22(6)24-15-17-26(18-16-24)30-27(19-28(8,20(2)3)21(4)5)29-23(7)25-13-11-10-12-14-25;1-6-18(3)21-8-10-24(11-9-21)28-25(17-27(4,5)7-2)29-26-22-13-19-12-20(15-22)16-23(26)14-19;1-6-17(2)18-12-14-20(15-13-18)24-21(23-5)16-22(3,4)19-10-8-7-9-11-19;1-6-17(2)18-12-14-20(15-13-18)24-21(16-22(3,4)5)23-19-10-8-7-9-11-19/h17-20,22-23,25-26,28H,6-16,21H2,1-5H3;10-18,20-23,27H,9,19H2,1-8H3;8-11,18-20,22-23,25-26H,6-7,12-17H2,1-5H3;2*12-15,17,19,21H,6-11,16H2,1-5H3. The smallest absolute Gasteiger partial charge is 0.201 e. The van der Waals surface area contributed by atoms with Crippen molar-refractivity contribution in [2.24, 2.45) is 80.3 Å². The number of hydrogen-bond acceptors (Lipinski definition) is 10. The molecule has 0 N–H and O–H groups in total. The lowest BCUT2D eigenvalue weighted by Crippen LogP contribution is -2.51. The first-order chi connectivity index (χ1) is 65.8. The summed E-state index contributed by atoms with van der Waals surface area (Å²) in [6.07, 6.45) is 45.9. The van der Waals surface area contributed by atoms with Crippen LogP contribution in [0.25, 0.3) is 0 Å². The molecule has 0 aromatic heterocycles. The molecule has 0 amide bonds. The zero-order valence-electron chi connectivity index (χ0n) is 93.3. The van der Waals surface area contributed by atoms with E-state index in [2.05, 4.69) is 333 Å². The maximum absolute atomic E-state index is 6.85. The Morgan fingerprint density at radius 1 is 0.304 bits per heavy atom. The average Bonchev–Trinajstić information content (AvgIpc) is 0.754. The summed E-state index contributed by atoms with van der Waals surface area (Å²) in [6, 6.07) is 53.6. The number of benzene rings is 6. The second kappa shape index (κ2) is 57.1. The van der Waals surface area contributed by atoms with Crippen LogP contribution in [0.2, 0.25) is 0 Å². The second-order valence-corrected chi connectivity index (χ2v) is 48.6. The molecule has 14 rings (SSSR count). The molecule has 8 aliphatic rings. The summed E-state index contributed by atoms with van der Waals surface area (Å²) >= 11 is 0. The van der Waals surface area contributed by atoms with Crippen molar-refractivity contribution in [1.29, 1.82) is 0 Å². The van der Waals surface area contributed by atoms with Gasteiger partial charge >= 0.3 is 0 Å². The van der Waals surface area contributed by atoms with Gasteiger partial charge in [-0.3, -0.25) is 0 Å². The van der Waals surface area contributed by atoms with Gasteiger partial charge in [-0.2, -0.15) is 0 Å². The molecule has 4 bridgehead atoms. The number of methoxy groups -OCH3 is 1. The number of ether oxygens (including phenoxy) is 10. The first-order valence-corrected chi connectivity index (χ1v) is 56.8. The summed E-state index contributed by atoms with van der Waals surface area (Å²) < 4.78 is 63.7. The largest absolute Gasteiger partial charge is 0.465 e. The van der Waals surface area contributed by atoms with Crippen LogP contribution in [-0.2, 0) is 23.7 Å². The monoisotopic (exact) mass is 1900 g/mol. The van der Waals surface area contributed by atoms with E-state index in [1.807, 2.05) is 6.07 Å². The van der Waals surface area contributed by atoms with Crippen LogP contribution in [0.5, 0.6) is 28.7 Å². The quantitative estimate of drug-likeness (QED) is 0.0344. The van der Waals surface area contributed by atoms with Crippen molar-refractivity contribution in [3.63, 3.8) is 0 Å². The van der Waals surface area contributed by atoms with Gasteiger partial charge in [-0.1, -0.05) is 341 Å². The molecule has 776 valence electrons. The van der Waals surface area contributed by atoms with Gasteiger partial charge in [0.25, 0.3) is 0 Å². The summed E-state index contributed by atoms with van der Waals surface area (Å²) in [5, 5.41) is 0. The topological polar surface area (TPSA) is 92.3 Å². The summed E-state index contributed by atoms with van der Waals surface area (Å²) in [7, 11) is 1.76. The third-order valence-corrected chi connectivity index (χ3v) is 35.1. The van der Waals surface area contributed by atoms with E-state index in [0.717, 1.165) is 128 Å². The van der Waals surface area contributed by atoms with Gasteiger partial charge in [-0.15, -0.1) is 0 Å². The van der Waals surface area contributed by atoms with Gasteiger partial charge in [0.05, 0.1) is 24.4 Å². The predicted octanol–water partition coefficient (Wildman–Crippen LogP) is 38.1. The van der Waals surface area contributed by atoms with Crippen LogP contribution in [0, 0.1) is 80.3 Å². The van der Waals surface area contributed by atoms with Crippen LogP contribution >= 0.6 is 0 Å². The molecule has 8 fully saturated rings. The summed E-state index contributed by atoms with van der Waals surface area (Å²) in [5.41, 5.74) is 9.20. The molecule has 6 aromatic rings. The van der Waals surface area contributed by atoms with Crippen molar-refractivity contribution in [2.45, 2.75) is 504 Å². The first kappa shape index (κ1) is 116. The lowest BCUT2D eigenvalue weighted by Gasteiger charge is -2.54. The molecule has 10 nitrogen and oxygen atoms in total. The molecule has 0 saturated heterocycles. The molecule has 6 aromatic carbocycles. The fourth-order valence-corrected chi connectivity index (χ4v) is 23.6. The maximum Gasteiger partial charge on any atom is 0.201 e. The number of hydrogen-bond donors (Lipinski definition) is 0. The molecule has 10 heteroatoms. The molecule has 0 radical (unpaired) electrons. The molecule has 8 saturated carbocycles. The van der Waals surface area contributed by atoms with E-state index in [4.69, 9.17) is 47.4 Å². The van der Waals surface area contributed by atoms with Crippen LogP contribution in [0.4, 0.5) is 0 Å². The fourth-order valence-electron chi connectivity index (χ4n) is 23.6. The minimum atomic E-state index is -0.301. The van der Waals surface area contributed by atoms with E-state index >= 15 is 0 Å². The van der Waals surface area contributed by atoms with Gasteiger partial charge in [-0.25, -0.2) is 0 Å². The second-order valence-electron chi connectivity index (χ2n) is 48.6. The van der Waals surface area contributed by atoms with Gasteiger partial charge < -0.3 is 47.4 Å². The van der Waals surface area contributed by atoms with E-state index in [1.54, 1.807) is 7.11 Å². The third-order valence-electron chi connectivity index (χ3n) is 35.1. The minimum Gasteiger partial charge on any atom is -0.465 e. The third kappa shape index (κ3) is 37.0. The van der Waals surface area contributed by atoms with Crippen LogP contribution in [0.1, 0.15) is 487 Å². The molecular formula is C128H204O10. The van der Waals surface area contributed by atoms with Crippen molar-refractivity contribution in [3.8, 4) is 28.7 Å². The van der Waals surface area contributed by atoms with Gasteiger partial charge in [-0.05, 0) is 340 Å². The van der Waals surface area contributed by atoms with E-state index in [1.165, 1.54) is 207 Å². The molecule has 11 atom stereocenters. The normalized spacial score (nSPS) is 21.6. The van der Waals surface area contributed by atoms with Gasteiger partial charge in [0.1, 0.15) is 28.7 Å². The van der Waals surface area contributed by atoms with Gasteiger partial charge in [0.2, 0.25) is 25.2 Å². The highest BCUT2D eigenvalue weighted by Crippen LogP contribution is 2.57. The Labute approximate surface area is 846 Å². The molecule has 0 aliphatic heterocycles. The molecule has 138 heavy (non-hydrogen) atoms. The fraction of sp³-hybridized carbons (Fsp3) is 0.719. The maximum atomic E-state index is 6.85. The Morgan fingerprint density at radius 2 is 0.630 bits per heavy atom. The van der Waals surface area contributed by atoms with Crippen molar-refractivity contribution in [3.05, 3.63) is 185 Å². The lowest BCUT2D eigenvalue weighted by molar-refractivity contribution is -0.206. The highest BCUT2D eigenvalue weighted by atomic mass is 16.7. The summed E-state index contributed by atoms with van der Waals surface area (Å²) in [6.45, 7) is 61.6. The highest BCUT2D eigenvalue weighted by molar-refractivity contribution is 5.34. The van der Waals surface area contributed by atoms with Crippen molar-refractivity contribution < 1.29 is 47.4 Å². The SMILES string of the molecule is CCC(C)c1ccc(OC(CC(C)(C(C)C)C(C)C)OC(C)c2ccccc2)cc1.CCC(C)c1ccc(OC(CC(C)(C)C)OC2CCCCC2)cc1.CCC(C)c1ccc(OC(CC(C)(C)C2CCCCC2)OC)cc1.CCC(C)c1ccc(OC(CC(C)(C)CC)OC2C3CC4CC(C3)CC2C4)cc1.CCC(C)c1ccc(OC(CC(C)(C2CCCCC2)C2CCCCC2)OC(C)C)cc1. The zero-order valence-corrected chi connectivity index (χ0v) is 93.3. The van der Waals surface area contributed by atoms with Gasteiger partial charge in [0, 0.05) is 39.2 Å². The predicted molar refractivity (Wildman–Crippen MR) is 583 cm³/mol. The Kier molecular flexibility index (Phi) is 47.9. The van der Waals surface area contributed by atoms with Crippen LogP contribution in [-0.4, -0.2) is 56.9 Å². The highest BCUT2D eigenvalue weighted by Gasteiger charge is 2.51. The van der Waals surface area contributed by atoms with E-state index in [-0.39, 0.29) is 65.3 Å². The lowest BCUT2D eigenvalue weighted by atomic mass is 9.55. The van der Waals surface area contributed by atoms with Crippen LogP contribution < -0.4 is 23.7 Å². The van der Waals surface area contributed by atoms with Crippen LogP contribution in [0.3, 0.4) is 0 Å². The van der Waals surface area contributed by atoms with E-state index in [0.29, 0.717) is 59.0 Å². The Balaban J connectivity index is 0.000000194. The summed E-state index contributed by atoms with van der Waals surface area (Å²) in [4.78, 5) is 0. The van der Waals surface area contributed by atoms with Crippen LogP contribution in [0.15, 0.2) is 152 Å². The number of rotatable bonds is 45. The summed E-state index contributed by atoms with van der Waals surface area (Å²) in [5.74, 6) is 14.6. The van der Waals surface area contributed by atoms with Gasteiger partial charge in [0.15, 0.2) is 6.29 Å². The van der Waals surface area contributed by atoms with Crippen molar-refractivity contribution in [2.75, 3.05) is 7.11 Å². The Bertz CT molecular complexity index is 4160. The molecule has 0 heterocycles. The van der Waals surface area contributed by atoms with Crippen molar-refractivity contribution >= 4 is 0 Å². The van der Waals surface area contributed by atoms with E-state index < -0.39 is 0 Å². The van der Waals surface area contributed by atoms with E-state index in [9.17, 15) is 0 Å². The molecule has 11 unspecified atom stereocenters. The zero-order chi connectivity index (χ0) is 100. The van der Waals surface area contributed by atoms with Crippen molar-refractivity contribution in [1.82, 2.24) is 0 Å².